The van der Waals surface area contributed by atoms with Crippen LogP contribution in [0.25, 0.3) is 0 Å². The Hall–Kier alpha value is -2.74. The predicted molar refractivity (Wildman–Crippen MR) is 91.2 cm³/mol. The van der Waals surface area contributed by atoms with E-state index in [9.17, 15) is 19.2 Å². The van der Waals surface area contributed by atoms with Gasteiger partial charge in [-0.05, 0) is 18.6 Å². The van der Waals surface area contributed by atoms with Crippen LogP contribution in [-0.4, -0.2) is 61.5 Å². The Balaban J connectivity index is 1.84. The predicted octanol–water partition coefficient (Wildman–Crippen LogP) is 0.296. The topological polar surface area (TPSA) is 102 Å². The van der Waals surface area contributed by atoms with Crippen LogP contribution < -0.4 is 5.32 Å². The number of esters is 1. The largest absolute Gasteiger partial charge is 0.452 e. The van der Waals surface area contributed by atoms with Crippen molar-refractivity contribution in [1.29, 1.82) is 0 Å². The molecule has 0 saturated heterocycles. The van der Waals surface area contributed by atoms with Crippen LogP contribution >= 0.6 is 0 Å². The standard InChI is InChI=1S/C18H22N2O6/c1-12(17(23)19-8-10-25-2)26-16(22)7-9-20-15(21)11-13-5-3-4-6-14(13)18(20)24/h3-6,12H,7-11H2,1-2H3,(H,19,23)/t12-/m1/s1. The van der Waals surface area contributed by atoms with Gasteiger partial charge in [0, 0.05) is 25.8 Å². The minimum atomic E-state index is -0.965. The van der Waals surface area contributed by atoms with Crippen LogP contribution in [0.1, 0.15) is 29.3 Å². The van der Waals surface area contributed by atoms with Crippen molar-refractivity contribution in [2.75, 3.05) is 26.8 Å². The summed E-state index contributed by atoms with van der Waals surface area (Å²) >= 11 is 0. The normalized spacial score (nSPS) is 14.6. The second kappa shape index (κ2) is 9.10. The third kappa shape index (κ3) is 4.89. The summed E-state index contributed by atoms with van der Waals surface area (Å²) in [5.74, 6) is -1.87. The lowest BCUT2D eigenvalue weighted by molar-refractivity contribution is -0.155. The van der Waals surface area contributed by atoms with Gasteiger partial charge in [-0.1, -0.05) is 18.2 Å². The molecule has 1 atom stereocenters. The van der Waals surface area contributed by atoms with Crippen molar-refractivity contribution < 1.29 is 28.7 Å². The van der Waals surface area contributed by atoms with Crippen LogP contribution in [0, 0.1) is 0 Å². The van der Waals surface area contributed by atoms with Gasteiger partial charge in [-0.2, -0.15) is 0 Å². The van der Waals surface area contributed by atoms with Crippen molar-refractivity contribution in [2.24, 2.45) is 0 Å². The maximum atomic E-state index is 12.4. The number of nitrogens with one attached hydrogen (secondary N) is 1. The zero-order valence-corrected chi connectivity index (χ0v) is 14.8. The van der Waals surface area contributed by atoms with Gasteiger partial charge in [0.2, 0.25) is 5.91 Å². The molecule has 26 heavy (non-hydrogen) atoms. The third-order valence-corrected chi connectivity index (χ3v) is 3.96. The smallest absolute Gasteiger partial charge is 0.308 e. The van der Waals surface area contributed by atoms with Crippen LogP contribution in [0.15, 0.2) is 24.3 Å². The van der Waals surface area contributed by atoms with E-state index in [2.05, 4.69) is 5.32 Å². The van der Waals surface area contributed by atoms with Crippen LogP contribution in [0.3, 0.4) is 0 Å². The highest BCUT2D eigenvalue weighted by Gasteiger charge is 2.31. The maximum Gasteiger partial charge on any atom is 0.308 e. The molecule has 8 heteroatoms. The fraction of sp³-hybridized carbons (Fsp3) is 0.444. The first kappa shape index (κ1) is 19.6. The molecule has 1 aromatic rings. The average molecular weight is 362 g/mol. The fourth-order valence-corrected chi connectivity index (χ4v) is 2.56. The fourth-order valence-electron chi connectivity index (χ4n) is 2.56. The van der Waals surface area contributed by atoms with Crippen molar-refractivity contribution in [1.82, 2.24) is 10.2 Å². The van der Waals surface area contributed by atoms with Crippen LogP contribution in [0.4, 0.5) is 0 Å². The molecule has 0 aromatic heterocycles. The molecular weight excluding hydrogens is 340 g/mol. The number of carbonyl (C=O) groups is 4. The summed E-state index contributed by atoms with van der Waals surface area (Å²) < 4.78 is 9.84. The first-order valence-corrected chi connectivity index (χ1v) is 8.32. The number of ether oxygens (including phenoxy) is 2. The first-order chi connectivity index (χ1) is 12.4. The summed E-state index contributed by atoms with van der Waals surface area (Å²) in [5.41, 5.74) is 1.15. The van der Waals surface area contributed by atoms with Gasteiger partial charge in [-0.3, -0.25) is 24.1 Å². The lowest BCUT2D eigenvalue weighted by Crippen LogP contribution is -2.43. The van der Waals surface area contributed by atoms with Gasteiger partial charge in [0.25, 0.3) is 11.8 Å². The van der Waals surface area contributed by atoms with Crippen molar-refractivity contribution in [2.45, 2.75) is 25.9 Å². The molecule has 0 unspecified atom stereocenters. The molecule has 1 N–H and O–H groups in total. The van der Waals surface area contributed by atoms with Gasteiger partial charge in [0.05, 0.1) is 19.4 Å². The molecule has 1 aromatic carbocycles. The maximum absolute atomic E-state index is 12.4. The highest BCUT2D eigenvalue weighted by atomic mass is 16.5. The number of methoxy groups -OCH3 is 1. The summed E-state index contributed by atoms with van der Waals surface area (Å²) in [7, 11) is 1.51. The summed E-state index contributed by atoms with van der Waals surface area (Å²) in [4.78, 5) is 49.2. The lowest BCUT2D eigenvalue weighted by atomic mass is 9.98. The molecule has 0 bridgehead atoms. The monoisotopic (exact) mass is 362 g/mol. The van der Waals surface area contributed by atoms with E-state index in [4.69, 9.17) is 9.47 Å². The summed E-state index contributed by atoms with van der Waals surface area (Å²) in [6, 6.07) is 6.89. The van der Waals surface area contributed by atoms with E-state index in [1.165, 1.54) is 14.0 Å². The minimum absolute atomic E-state index is 0.0805. The second-order valence-electron chi connectivity index (χ2n) is 5.85. The molecule has 3 amide bonds. The van der Waals surface area contributed by atoms with Crippen molar-refractivity contribution in [3.63, 3.8) is 0 Å². The Bertz CT molecular complexity index is 703. The van der Waals surface area contributed by atoms with E-state index >= 15 is 0 Å². The Morgan fingerprint density at radius 2 is 2.00 bits per heavy atom. The van der Waals surface area contributed by atoms with E-state index in [-0.39, 0.29) is 25.3 Å². The zero-order chi connectivity index (χ0) is 19.1. The van der Waals surface area contributed by atoms with E-state index < -0.39 is 23.9 Å². The minimum Gasteiger partial charge on any atom is -0.452 e. The Kier molecular flexibility index (Phi) is 6.85. The Morgan fingerprint density at radius 1 is 1.27 bits per heavy atom. The lowest BCUT2D eigenvalue weighted by Gasteiger charge is -2.26. The number of nitrogens with zero attached hydrogens (tertiary/aromatic N) is 1. The first-order valence-electron chi connectivity index (χ1n) is 8.32. The molecule has 1 heterocycles. The number of hydrogen-bond acceptors (Lipinski definition) is 6. The van der Waals surface area contributed by atoms with Gasteiger partial charge >= 0.3 is 5.97 Å². The number of amides is 3. The van der Waals surface area contributed by atoms with Gasteiger partial charge in [-0.15, -0.1) is 0 Å². The van der Waals surface area contributed by atoms with Crippen LogP contribution in [-0.2, 0) is 30.3 Å². The van der Waals surface area contributed by atoms with E-state index in [0.29, 0.717) is 24.3 Å². The molecule has 8 nitrogen and oxygen atoms in total. The quantitative estimate of drug-likeness (QED) is 0.405. The van der Waals surface area contributed by atoms with Gasteiger partial charge < -0.3 is 14.8 Å². The molecular formula is C18H22N2O6. The van der Waals surface area contributed by atoms with E-state index in [1.54, 1.807) is 24.3 Å². The molecule has 0 fully saturated rings. The highest BCUT2D eigenvalue weighted by molar-refractivity contribution is 6.09. The number of fused-ring (bicyclic) bond motifs is 1. The number of imide groups is 1. The van der Waals surface area contributed by atoms with E-state index in [1.807, 2.05) is 0 Å². The Labute approximate surface area is 151 Å². The molecule has 2 rings (SSSR count). The Morgan fingerprint density at radius 3 is 2.73 bits per heavy atom. The molecule has 0 spiro atoms. The van der Waals surface area contributed by atoms with Crippen molar-refractivity contribution in [3.8, 4) is 0 Å². The number of rotatable bonds is 8. The average Bonchev–Trinajstić information content (AvgIpc) is 2.61. The van der Waals surface area contributed by atoms with Crippen molar-refractivity contribution in [3.05, 3.63) is 35.4 Å². The SMILES string of the molecule is COCCNC(=O)[C@@H](C)OC(=O)CCN1C(=O)Cc2ccccc2C1=O. The molecule has 1 aliphatic rings. The molecule has 0 saturated carbocycles. The van der Waals surface area contributed by atoms with Crippen LogP contribution in [0.5, 0.6) is 0 Å². The highest BCUT2D eigenvalue weighted by Crippen LogP contribution is 2.19. The second-order valence-corrected chi connectivity index (χ2v) is 5.85. The number of benzene rings is 1. The molecule has 0 aliphatic carbocycles. The summed E-state index contributed by atoms with van der Waals surface area (Å²) in [6.07, 6.45) is -1.02. The van der Waals surface area contributed by atoms with Crippen LogP contribution in [0.2, 0.25) is 0 Å². The summed E-state index contributed by atoms with van der Waals surface area (Å²) in [6.45, 7) is 2.04. The number of carbonyl (C=O) groups excluding carboxylic acids is 4. The van der Waals surface area contributed by atoms with Gasteiger partial charge in [-0.25, -0.2) is 0 Å². The number of hydrogen-bond donors (Lipinski definition) is 1. The molecule has 1 aliphatic heterocycles. The zero-order valence-electron chi connectivity index (χ0n) is 14.8. The van der Waals surface area contributed by atoms with Crippen molar-refractivity contribution >= 4 is 23.7 Å². The third-order valence-electron chi connectivity index (χ3n) is 3.96. The van der Waals surface area contributed by atoms with Gasteiger partial charge in [0.15, 0.2) is 6.10 Å². The van der Waals surface area contributed by atoms with Gasteiger partial charge in [0.1, 0.15) is 0 Å². The summed E-state index contributed by atoms with van der Waals surface area (Å²) in [5, 5.41) is 2.56. The van der Waals surface area contributed by atoms with E-state index in [0.717, 1.165) is 4.90 Å². The molecule has 140 valence electrons. The molecule has 0 radical (unpaired) electrons.